The molecule has 3 nitrogen and oxygen atoms in total. The zero-order chi connectivity index (χ0) is 29.3. The molecule has 0 aliphatic rings. The van der Waals surface area contributed by atoms with Gasteiger partial charge in [0.25, 0.3) is 0 Å². The van der Waals surface area contributed by atoms with Gasteiger partial charge in [0.1, 0.15) is 5.75 Å². The zero-order valence-electron chi connectivity index (χ0n) is 24.7. The van der Waals surface area contributed by atoms with Crippen molar-refractivity contribution in [3.8, 4) is 5.75 Å². The Bertz CT molecular complexity index is 1630. The first kappa shape index (κ1) is 28.5. The molecule has 0 fully saturated rings. The summed E-state index contributed by atoms with van der Waals surface area (Å²) in [5.74, 6) is 1.14. The quantitative estimate of drug-likeness (QED) is 0.147. The minimum Gasteiger partial charge on any atom is -0.494 e. The third-order valence-corrected chi connectivity index (χ3v) is 13.1. The van der Waals surface area contributed by atoms with Crippen LogP contribution in [0.15, 0.2) is 158 Å². The molecular weight excluding hydrogens is 539 g/mol. The first-order valence-corrected chi connectivity index (χ1v) is 17.4. The predicted molar refractivity (Wildman–Crippen MR) is 184 cm³/mol. The lowest BCUT2D eigenvalue weighted by Crippen LogP contribution is -2.70. The summed E-state index contributed by atoms with van der Waals surface area (Å²) in [6.45, 7) is 2.86. The van der Waals surface area contributed by atoms with Crippen molar-refractivity contribution in [3.05, 3.63) is 169 Å². The Labute approximate surface area is 257 Å². The second kappa shape index (κ2) is 13.6. The lowest BCUT2D eigenvalue weighted by molar-refractivity contribution is 0.317. The summed E-state index contributed by atoms with van der Waals surface area (Å²) in [5.41, 5.74) is 3.71. The summed E-state index contributed by atoms with van der Waals surface area (Å²) in [4.78, 5) is 4.99. The van der Waals surface area contributed by atoms with E-state index in [1.807, 2.05) is 6.20 Å². The minimum absolute atomic E-state index is 0.207. The molecule has 0 radical (unpaired) electrons. The average molecular weight is 577 g/mol. The lowest BCUT2D eigenvalue weighted by Gasteiger charge is -2.35. The molecule has 6 aromatic rings. The number of hydrogen-bond acceptors (Lipinski definition) is 2. The molecule has 0 aliphatic heterocycles. The number of hydrogen-bond donors (Lipinski definition) is 0. The van der Waals surface area contributed by atoms with Gasteiger partial charge < -0.3 is 9.30 Å². The lowest BCUT2D eigenvalue weighted by atomic mass is 9.58. The highest BCUT2D eigenvalue weighted by molar-refractivity contribution is 7.10. The van der Waals surface area contributed by atoms with Gasteiger partial charge in [-0.1, -0.05) is 140 Å². The van der Waals surface area contributed by atoms with E-state index < -0.39 is 8.07 Å². The molecule has 1 aromatic heterocycles. The number of nitrogens with zero attached hydrogens (tertiary/aromatic N) is 2. The Morgan fingerprint density at radius 3 is 1.77 bits per heavy atom. The van der Waals surface area contributed by atoms with Crippen molar-refractivity contribution >= 4 is 36.6 Å². The number of aromatic nitrogens is 2. The van der Waals surface area contributed by atoms with Crippen molar-refractivity contribution in [2.24, 2.45) is 0 Å². The van der Waals surface area contributed by atoms with Gasteiger partial charge in [0, 0.05) is 18.6 Å². The molecule has 5 heteroatoms. The standard InChI is InChI=1S/C38H37BN2OSi/c1-2-28-42-33-20-15-25-36(29-33)43(34-21-11-5-12-22-34,35-23-13-6-14-24-35)30-41-27-26-40-38(41)39-37(31-16-7-3-8-17-31)32-18-9-4-10-19-32/h3-27,29,37,39H,2,28,30H2,1H3. The molecule has 0 spiro atoms. The van der Waals surface area contributed by atoms with Crippen LogP contribution in [-0.2, 0) is 6.17 Å². The van der Waals surface area contributed by atoms with Crippen molar-refractivity contribution in [3.63, 3.8) is 0 Å². The van der Waals surface area contributed by atoms with E-state index in [4.69, 9.17) is 9.72 Å². The first-order valence-electron chi connectivity index (χ1n) is 15.2. The maximum Gasteiger partial charge on any atom is 0.217 e. The van der Waals surface area contributed by atoms with E-state index in [1.165, 1.54) is 26.7 Å². The van der Waals surface area contributed by atoms with Crippen molar-refractivity contribution in [2.45, 2.75) is 25.3 Å². The molecule has 6 rings (SSSR count). The number of rotatable bonds is 12. The van der Waals surface area contributed by atoms with Crippen molar-refractivity contribution in [2.75, 3.05) is 6.61 Å². The number of benzene rings is 5. The van der Waals surface area contributed by atoms with Crippen LogP contribution < -0.4 is 26.0 Å². The molecule has 0 atom stereocenters. The van der Waals surface area contributed by atoms with Crippen LogP contribution in [0, 0.1) is 0 Å². The van der Waals surface area contributed by atoms with Gasteiger partial charge in [-0.2, -0.15) is 0 Å². The topological polar surface area (TPSA) is 27.1 Å². The first-order chi connectivity index (χ1) is 21.3. The van der Waals surface area contributed by atoms with Gasteiger partial charge >= 0.3 is 0 Å². The normalized spacial score (nSPS) is 11.4. The maximum absolute atomic E-state index is 6.18. The van der Waals surface area contributed by atoms with E-state index in [1.54, 1.807) is 0 Å². The van der Waals surface area contributed by atoms with Crippen LogP contribution in [0.3, 0.4) is 0 Å². The minimum atomic E-state index is -2.60. The van der Waals surface area contributed by atoms with E-state index >= 15 is 0 Å². The van der Waals surface area contributed by atoms with Crippen molar-refractivity contribution < 1.29 is 4.74 Å². The molecular formula is C38H37BN2OSi. The van der Waals surface area contributed by atoms with Crippen LogP contribution in [0.25, 0.3) is 0 Å². The third-order valence-electron chi connectivity index (χ3n) is 8.33. The Balaban J connectivity index is 1.48. The monoisotopic (exact) mass is 576 g/mol. The SMILES string of the molecule is CCCOc1cccc([Si](Cn2ccnc2BC(c2ccccc2)c2ccccc2)(c2ccccc2)c2ccccc2)c1. The van der Waals surface area contributed by atoms with Gasteiger partial charge in [-0.05, 0) is 51.1 Å². The molecule has 0 amide bonds. The molecule has 0 saturated carbocycles. The van der Waals surface area contributed by atoms with Crippen LogP contribution in [-0.4, -0.2) is 31.5 Å². The molecule has 5 aromatic carbocycles. The summed E-state index contributed by atoms with van der Waals surface area (Å²) in [6.07, 6.45) is 5.96. The molecule has 1 heterocycles. The van der Waals surface area contributed by atoms with Gasteiger partial charge in [0.05, 0.1) is 12.3 Å². The van der Waals surface area contributed by atoms with E-state index in [0.717, 1.165) is 31.3 Å². The van der Waals surface area contributed by atoms with Crippen LogP contribution in [0.5, 0.6) is 5.75 Å². The van der Waals surface area contributed by atoms with Crippen LogP contribution >= 0.6 is 0 Å². The van der Waals surface area contributed by atoms with Crippen LogP contribution in [0.4, 0.5) is 0 Å². The van der Waals surface area contributed by atoms with Crippen molar-refractivity contribution in [1.29, 1.82) is 0 Å². The largest absolute Gasteiger partial charge is 0.494 e. The maximum atomic E-state index is 6.18. The van der Waals surface area contributed by atoms with Crippen LogP contribution in [0.2, 0.25) is 0 Å². The smallest absolute Gasteiger partial charge is 0.217 e. The molecule has 0 N–H and O–H groups in total. The highest BCUT2D eigenvalue weighted by Gasteiger charge is 2.40. The van der Waals surface area contributed by atoms with Crippen molar-refractivity contribution in [1.82, 2.24) is 9.55 Å². The second-order valence-corrected chi connectivity index (χ2v) is 14.9. The molecule has 43 heavy (non-hydrogen) atoms. The number of imidazole rings is 1. The Kier molecular flexibility index (Phi) is 9.00. The molecule has 0 aliphatic carbocycles. The fourth-order valence-electron chi connectivity index (χ4n) is 6.20. The van der Waals surface area contributed by atoms with Crippen LogP contribution in [0.1, 0.15) is 30.3 Å². The predicted octanol–water partition coefficient (Wildman–Crippen LogP) is 5.23. The average Bonchev–Trinajstić information content (AvgIpc) is 3.53. The van der Waals surface area contributed by atoms with E-state index in [0.29, 0.717) is 6.61 Å². The molecule has 0 bridgehead atoms. The van der Waals surface area contributed by atoms with Gasteiger partial charge in [-0.15, -0.1) is 0 Å². The summed E-state index contributed by atoms with van der Waals surface area (Å²) in [5, 5.41) is 4.08. The van der Waals surface area contributed by atoms with E-state index in [9.17, 15) is 0 Å². The fraction of sp³-hybridized carbons (Fsp3) is 0.132. The summed E-state index contributed by atoms with van der Waals surface area (Å²) < 4.78 is 8.60. The Morgan fingerprint density at radius 1 is 0.674 bits per heavy atom. The third kappa shape index (κ3) is 6.28. The van der Waals surface area contributed by atoms with Gasteiger partial charge in [-0.3, -0.25) is 4.98 Å². The zero-order valence-corrected chi connectivity index (χ0v) is 25.7. The van der Waals surface area contributed by atoms with Gasteiger partial charge in [0.15, 0.2) is 8.07 Å². The Hall–Kier alpha value is -4.61. The number of ether oxygens (including phenoxy) is 1. The van der Waals surface area contributed by atoms with Gasteiger partial charge in [-0.25, -0.2) is 0 Å². The Morgan fingerprint density at radius 2 is 1.21 bits per heavy atom. The van der Waals surface area contributed by atoms with Gasteiger partial charge in [0.2, 0.25) is 7.28 Å². The highest BCUT2D eigenvalue weighted by atomic mass is 28.3. The fourth-order valence-corrected chi connectivity index (χ4v) is 10.8. The second-order valence-electron chi connectivity index (χ2n) is 11.1. The summed E-state index contributed by atoms with van der Waals surface area (Å²) in [7, 11) is -1.78. The molecule has 0 unspecified atom stereocenters. The highest BCUT2D eigenvalue weighted by Crippen LogP contribution is 2.23. The molecule has 0 saturated heterocycles. The summed E-state index contributed by atoms with van der Waals surface area (Å²) >= 11 is 0. The summed E-state index contributed by atoms with van der Waals surface area (Å²) in [6, 6.07) is 52.6. The van der Waals surface area contributed by atoms with E-state index in [-0.39, 0.29) is 5.82 Å². The molecule has 212 valence electrons. The van der Waals surface area contributed by atoms with E-state index in [2.05, 4.69) is 163 Å².